The van der Waals surface area contributed by atoms with Gasteiger partial charge in [-0.15, -0.1) is 5.10 Å². The molecular formula is C22H18ClN5. The predicted octanol–water partition coefficient (Wildman–Crippen LogP) is 5.31. The molecule has 0 bridgehead atoms. The lowest BCUT2D eigenvalue weighted by Gasteiger charge is -2.08. The molecule has 0 N–H and O–H groups in total. The molecule has 0 aliphatic rings. The van der Waals surface area contributed by atoms with Crippen molar-refractivity contribution < 1.29 is 0 Å². The van der Waals surface area contributed by atoms with Crippen LogP contribution in [0.4, 0.5) is 0 Å². The van der Waals surface area contributed by atoms with Gasteiger partial charge >= 0.3 is 0 Å². The monoisotopic (exact) mass is 387 g/mol. The van der Waals surface area contributed by atoms with Gasteiger partial charge in [-0.25, -0.2) is 14.5 Å². The third-order valence-corrected chi connectivity index (χ3v) is 5.57. The fraction of sp³-hybridized carbons (Fsp3) is 0.136. The Morgan fingerprint density at radius 2 is 1.64 bits per heavy atom. The summed E-state index contributed by atoms with van der Waals surface area (Å²) in [5.41, 5.74) is 7.08. The maximum atomic E-state index is 6.35. The van der Waals surface area contributed by atoms with Gasteiger partial charge in [0.25, 0.3) is 0 Å². The molecule has 0 spiro atoms. The van der Waals surface area contributed by atoms with Gasteiger partial charge in [-0.3, -0.25) is 4.57 Å². The fourth-order valence-electron chi connectivity index (χ4n) is 3.63. The molecular weight excluding hydrogens is 370 g/mol. The average Bonchev–Trinajstić information content (AvgIpc) is 3.23. The van der Waals surface area contributed by atoms with Crippen molar-refractivity contribution in [3.8, 4) is 17.1 Å². The number of benzene rings is 2. The van der Waals surface area contributed by atoms with Gasteiger partial charge in [0.05, 0.1) is 10.4 Å². The molecule has 0 saturated heterocycles. The van der Waals surface area contributed by atoms with Crippen LogP contribution in [0.2, 0.25) is 5.02 Å². The Labute approximate surface area is 167 Å². The van der Waals surface area contributed by atoms with Gasteiger partial charge in [-0.1, -0.05) is 41.4 Å². The topological polar surface area (TPSA) is 48.0 Å². The van der Waals surface area contributed by atoms with Crippen LogP contribution in [0.1, 0.15) is 16.8 Å². The Morgan fingerprint density at radius 1 is 0.893 bits per heavy atom. The number of halogens is 1. The van der Waals surface area contributed by atoms with Crippen LogP contribution in [0.15, 0.2) is 54.9 Å². The molecule has 0 aliphatic carbocycles. The lowest BCUT2D eigenvalue weighted by Crippen LogP contribution is -1.99. The molecule has 0 atom stereocenters. The lowest BCUT2D eigenvalue weighted by molar-refractivity contribution is 0.927. The van der Waals surface area contributed by atoms with E-state index in [0.717, 1.165) is 39.2 Å². The van der Waals surface area contributed by atoms with Crippen molar-refractivity contribution in [2.45, 2.75) is 20.8 Å². The molecule has 3 aromatic heterocycles. The van der Waals surface area contributed by atoms with Crippen molar-refractivity contribution in [3.05, 3.63) is 76.7 Å². The van der Waals surface area contributed by atoms with Gasteiger partial charge in [-0.05, 0) is 50.6 Å². The van der Waals surface area contributed by atoms with Crippen LogP contribution in [0.3, 0.4) is 0 Å². The highest BCUT2D eigenvalue weighted by Gasteiger charge is 2.19. The van der Waals surface area contributed by atoms with E-state index in [0.29, 0.717) is 10.8 Å². The summed E-state index contributed by atoms with van der Waals surface area (Å²) in [6, 6.07) is 16.1. The van der Waals surface area contributed by atoms with Crippen LogP contribution in [0.5, 0.6) is 0 Å². The van der Waals surface area contributed by atoms with E-state index in [1.807, 2.05) is 24.3 Å². The Hall–Kier alpha value is -3.18. The van der Waals surface area contributed by atoms with Gasteiger partial charge < -0.3 is 0 Å². The van der Waals surface area contributed by atoms with Crippen molar-refractivity contribution in [3.63, 3.8) is 0 Å². The molecule has 0 fully saturated rings. The average molecular weight is 388 g/mol. The zero-order valence-corrected chi connectivity index (χ0v) is 16.6. The minimum Gasteiger partial charge on any atom is -0.298 e. The first-order chi connectivity index (χ1) is 13.5. The van der Waals surface area contributed by atoms with E-state index >= 15 is 0 Å². The number of aromatic nitrogens is 5. The van der Waals surface area contributed by atoms with Crippen LogP contribution < -0.4 is 0 Å². The Morgan fingerprint density at radius 3 is 2.39 bits per heavy atom. The molecule has 28 heavy (non-hydrogen) atoms. The summed E-state index contributed by atoms with van der Waals surface area (Å²) < 4.78 is 3.90. The van der Waals surface area contributed by atoms with E-state index in [-0.39, 0.29) is 0 Å². The van der Waals surface area contributed by atoms with Gasteiger partial charge in [0.15, 0.2) is 17.1 Å². The predicted molar refractivity (Wildman–Crippen MR) is 112 cm³/mol. The van der Waals surface area contributed by atoms with E-state index in [9.17, 15) is 0 Å². The molecule has 0 unspecified atom stereocenters. The number of aryl methyl sites for hydroxylation is 2. The van der Waals surface area contributed by atoms with Gasteiger partial charge in [0.1, 0.15) is 6.33 Å². The van der Waals surface area contributed by atoms with E-state index in [2.05, 4.69) is 54.7 Å². The molecule has 0 aliphatic heterocycles. The molecule has 6 heteroatoms. The van der Waals surface area contributed by atoms with Crippen LogP contribution in [0, 0.1) is 20.8 Å². The molecule has 0 radical (unpaired) electrons. The largest absolute Gasteiger partial charge is 0.298 e. The highest BCUT2D eigenvalue weighted by atomic mass is 35.5. The molecule has 0 amide bonds. The molecule has 3 heterocycles. The van der Waals surface area contributed by atoms with Gasteiger partial charge in [-0.2, -0.15) is 0 Å². The Bertz CT molecular complexity index is 1350. The molecule has 5 aromatic rings. The smallest absolute Gasteiger partial charge is 0.183 e. The Balaban J connectivity index is 1.80. The summed E-state index contributed by atoms with van der Waals surface area (Å²) in [4.78, 5) is 9.52. The quantitative estimate of drug-likeness (QED) is 0.412. The van der Waals surface area contributed by atoms with Crippen LogP contribution in [-0.2, 0) is 0 Å². The summed E-state index contributed by atoms with van der Waals surface area (Å²) in [7, 11) is 0. The molecule has 138 valence electrons. The standard InChI is InChI=1S/C22H18ClN5/c1-13-8-10-16(11-9-13)28-15(3)14(2)19-21(28)24-12-27-22(19)25-20(26-27)17-6-4-5-7-18(17)23/h4-12H,1-3H3. The number of hydrogen-bond acceptors (Lipinski definition) is 3. The molecule has 2 aromatic carbocycles. The van der Waals surface area contributed by atoms with Crippen molar-refractivity contribution >= 4 is 28.3 Å². The zero-order chi connectivity index (χ0) is 19.4. The summed E-state index contributed by atoms with van der Waals surface area (Å²) >= 11 is 6.35. The summed E-state index contributed by atoms with van der Waals surface area (Å²) in [5, 5.41) is 6.25. The minimum atomic E-state index is 0.597. The second-order valence-electron chi connectivity index (χ2n) is 7.01. The van der Waals surface area contributed by atoms with Crippen LogP contribution in [-0.4, -0.2) is 24.1 Å². The van der Waals surface area contributed by atoms with E-state index in [1.54, 1.807) is 10.8 Å². The first-order valence-electron chi connectivity index (χ1n) is 9.09. The van der Waals surface area contributed by atoms with Crippen molar-refractivity contribution in [2.24, 2.45) is 0 Å². The van der Waals surface area contributed by atoms with Crippen molar-refractivity contribution in [1.29, 1.82) is 0 Å². The normalized spacial score (nSPS) is 11.6. The second kappa shape index (κ2) is 6.17. The van der Waals surface area contributed by atoms with Gasteiger partial charge in [0.2, 0.25) is 0 Å². The lowest BCUT2D eigenvalue weighted by atomic mass is 10.2. The maximum absolute atomic E-state index is 6.35. The van der Waals surface area contributed by atoms with Crippen molar-refractivity contribution in [2.75, 3.05) is 0 Å². The highest BCUT2D eigenvalue weighted by molar-refractivity contribution is 6.33. The first kappa shape index (κ1) is 17.0. The zero-order valence-electron chi connectivity index (χ0n) is 15.8. The summed E-state index contributed by atoms with van der Waals surface area (Å²) in [5.74, 6) is 0.597. The highest BCUT2D eigenvalue weighted by Crippen LogP contribution is 2.31. The minimum absolute atomic E-state index is 0.597. The number of fused-ring (bicyclic) bond motifs is 3. The van der Waals surface area contributed by atoms with E-state index in [4.69, 9.17) is 21.6 Å². The van der Waals surface area contributed by atoms with E-state index in [1.165, 1.54) is 5.56 Å². The number of nitrogens with zero attached hydrogens (tertiary/aromatic N) is 5. The second-order valence-corrected chi connectivity index (χ2v) is 7.42. The Kier molecular flexibility index (Phi) is 3.74. The first-order valence-corrected chi connectivity index (χ1v) is 9.47. The maximum Gasteiger partial charge on any atom is 0.183 e. The third-order valence-electron chi connectivity index (χ3n) is 5.24. The van der Waals surface area contributed by atoms with E-state index < -0.39 is 0 Å². The summed E-state index contributed by atoms with van der Waals surface area (Å²) in [6.45, 7) is 6.30. The van der Waals surface area contributed by atoms with Crippen LogP contribution >= 0.6 is 11.6 Å². The van der Waals surface area contributed by atoms with Crippen LogP contribution in [0.25, 0.3) is 33.8 Å². The third kappa shape index (κ3) is 2.43. The molecule has 5 nitrogen and oxygen atoms in total. The number of rotatable bonds is 2. The molecule has 5 rings (SSSR count). The van der Waals surface area contributed by atoms with Gasteiger partial charge in [0, 0.05) is 16.9 Å². The summed E-state index contributed by atoms with van der Waals surface area (Å²) in [6.07, 6.45) is 1.72. The SMILES string of the molecule is Cc1ccc(-n2c(C)c(C)c3c2ncn2nc(-c4ccccc4Cl)nc32)cc1. The fourth-order valence-corrected chi connectivity index (χ4v) is 3.85. The number of hydrogen-bond donors (Lipinski definition) is 0. The molecule has 0 saturated carbocycles. The van der Waals surface area contributed by atoms with Crippen molar-refractivity contribution in [1.82, 2.24) is 24.1 Å².